The van der Waals surface area contributed by atoms with Crippen LogP contribution in [-0.2, 0) is 13.1 Å². The van der Waals surface area contributed by atoms with Crippen LogP contribution in [0.2, 0.25) is 0 Å². The number of halogens is 2. The summed E-state index contributed by atoms with van der Waals surface area (Å²) in [6.07, 6.45) is 0. The second kappa shape index (κ2) is 7.68. The summed E-state index contributed by atoms with van der Waals surface area (Å²) < 4.78 is 34.1. The molecule has 0 saturated heterocycles. The van der Waals surface area contributed by atoms with Crippen molar-refractivity contribution in [2.24, 2.45) is 0 Å². The van der Waals surface area contributed by atoms with Gasteiger partial charge in [0.05, 0.1) is 13.7 Å². The van der Waals surface area contributed by atoms with Crippen molar-refractivity contribution in [1.29, 1.82) is 0 Å². The third kappa shape index (κ3) is 4.88. The third-order valence-electron chi connectivity index (χ3n) is 3.02. The van der Waals surface area contributed by atoms with Crippen molar-refractivity contribution in [2.45, 2.75) is 19.7 Å². The van der Waals surface area contributed by atoms with Gasteiger partial charge in [-0.25, -0.2) is 0 Å². The molecule has 1 heterocycles. The zero-order valence-electron chi connectivity index (χ0n) is 13.2. The van der Waals surface area contributed by atoms with Crippen molar-refractivity contribution in [3.05, 3.63) is 29.6 Å². The first kappa shape index (κ1) is 17.6. The van der Waals surface area contributed by atoms with Gasteiger partial charge in [-0.2, -0.15) is 23.7 Å². The molecule has 1 aromatic heterocycles. The maximum absolute atomic E-state index is 12.3. The zero-order valence-corrected chi connectivity index (χ0v) is 13.2. The lowest BCUT2D eigenvalue weighted by Crippen LogP contribution is -2.20. The number of nitrogens with two attached hydrogens (primary N) is 2. The van der Waals surface area contributed by atoms with Gasteiger partial charge in [0.1, 0.15) is 5.82 Å². The number of alkyl halides is 2. The number of hydrogen-bond acceptors (Lipinski definition) is 8. The van der Waals surface area contributed by atoms with Crippen molar-refractivity contribution in [2.75, 3.05) is 25.6 Å². The van der Waals surface area contributed by atoms with E-state index in [1.807, 2.05) is 11.9 Å². The minimum atomic E-state index is -2.91. The maximum Gasteiger partial charge on any atom is 0.387 e. The van der Waals surface area contributed by atoms with Crippen LogP contribution in [0.15, 0.2) is 18.2 Å². The Balaban J connectivity index is 2.06. The van der Waals surface area contributed by atoms with Crippen LogP contribution in [0.3, 0.4) is 0 Å². The van der Waals surface area contributed by atoms with Gasteiger partial charge in [0, 0.05) is 6.54 Å². The summed E-state index contributed by atoms with van der Waals surface area (Å²) in [4.78, 5) is 13.6. The van der Waals surface area contributed by atoms with Crippen molar-refractivity contribution >= 4 is 11.9 Å². The quantitative estimate of drug-likeness (QED) is 0.775. The van der Waals surface area contributed by atoms with E-state index >= 15 is 0 Å². The van der Waals surface area contributed by atoms with Crippen LogP contribution in [-0.4, -0.2) is 40.6 Å². The molecule has 0 atom stereocenters. The maximum atomic E-state index is 12.3. The highest BCUT2D eigenvalue weighted by molar-refractivity contribution is 5.43. The Morgan fingerprint density at radius 3 is 2.33 bits per heavy atom. The van der Waals surface area contributed by atoms with Crippen molar-refractivity contribution in [3.63, 3.8) is 0 Å². The van der Waals surface area contributed by atoms with E-state index in [1.54, 1.807) is 12.1 Å². The molecule has 0 aliphatic carbocycles. The van der Waals surface area contributed by atoms with E-state index in [0.717, 1.165) is 5.56 Å². The predicted octanol–water partition coefficient (Wildman–Crippen LogP) is 1.28. The zero-order chi connectivity index (χ0) is 17.7. The molecule has 0 amide bonds. The Hall–Kier alpha value is -2.75. The molecule has 4 N–H and O–H groups in total. The molecule has 2 rings (SSSR count). The molecule has 0 spiro atoms. The van der Waals surface area contributed by atoms with Crippen LogP contribution in [0, 0.1) is 0 Å². The smallest absolute Gasteiger partial charge is 0.387 e. The van der Waals surface area contributed by atoms with Gasteiger partial charge in [0.25, 0.3) is 0 Å². The molecule has 0 radical (unpaired) electrons. The van der Waals surface area contributed by atoms with Crippen LogP contribution in [0.1, 0.15) is 11.4 Å². The molecular formula is C14H18F2N6O2. The minimum absolute atomic E-state index is 0.0167. The Kier molecular flexibility index (Phi) is 5.64. The van der Waals surface area contributed by atoms with E-state index in [2.05, 4.69) is 19.7 Å². The largest absolute Gasteiger partial charge is 0.493 e. The number of aromatic nitrogens is 3. The van der Waals surface area contributed by atoms with Crippen LogP contribution in [0.25, 0.3) is 0 Å². The molecule has 24 heavy (non-hydrogen) atoms. The van der Waals surface area contributed by atoms with Crippen LogP contribution in [0.4, 0.5) is 20.7 Å². The number of nitrogen functional groups attached to an aromatic ring is 2. The summed E-state index contributed by atoms with van der Waals surface area (Å²) in [5.41, 5.74) is 11.9. The second-order valence-corrected chi connectivity index (χ2v) is 5.00. The second-order valence-electron chi connectivity index (χ2n) is 5.00. The van der Waals surface area contributed by atoms with Gasteiger partial charge in [-0.3, -0.25) is 4.90 Å². The summed E-state index contributed by atoms with van der Waals surface area (Å²) in [5, 5.41) is 0. The Bertz CT molecular complexity index is 681. The first-order chi connectivity index (χ1) is 11.4. The Morgan fingerprint density at radius 2 is 1.75 bits per heavy atom. The molecule has 130 valence electrons. The molecule has 8 nitrogen and oxygen atoms in total. The van der Waals surface area contributed by atoms with Crippen molar-refractivity contribution in [3.8, 4) is 11.5 Å². The van der Waals surface area contributed by atoms with Gasteiger partial charge in [-0.15, -0.1) is 0 Å². The van der Waals surface area contributed by atoms with Crippen molar-refractivity contribution < 1.29 is 18.3 Å². The fourth-order valence-corrected chi connectivity index (χ4v) is 2.14. The summed E-state index contributed by atoms with van der Waals surface area (Å²) in [6.45, 7) is -2.03. The average molecular weight is 340 g/mol. The summed E-state index contributed by atoms with van der Waals surface area (Å²) >= 11 is 0. The molecule has 0 fully saturated rings. The first-order valence-corrected chi connectivity index (χ1v) is 6.93. The highest BCUT2D eigenvalue weighted by atomic mass is 19.3. The normalized spacial score (nSPS) is 11.1. The fraction of sp³-hybridized carbons (Fsp3) is 0.357. The number of nitrogens with zero attached hydrogens (tertiary/aromatic N) is 4. The van der Waals surface area contributed by atoms with Crippen molar-refractivity contribution in [1.82, 2.24) is 19.9 Å². The predicted molar refractivity (Wildman–Crippen MR) is 83.4 cm³/mol. The monoisotopic (exact) mass is 340 g/mol. The average Bonchev–Trinajstić information content (AvgIpc) is 2.47. The fourth-order valence-electron chi connectivity index (χ4n) is 2.14. The van der Waals surface area contributed by atoms with E-state index in [1.165, 1.54) is 13.2 Å². The number of hydrogen-bond donors (Lipinski definition) is 2. The molecule has 0 aliphatic heterocycles. The van der Waals surface area contributed by atoms with E-state index in [9.17, 15) is 8.78 Å². The summed E-state index contributed by atoms with van der Waals surface area (Å²) in [6, 6.07) is 4.74. The van der Waals surface area contributed by atoms with Crippen LogP contribution >= 0.6 is 0 Å². The molecule has 0 unspecified atom stereocenters. The topological polar surface area (TPSA) is 112 Å². The lowest BCUT2D eigenvalue weighted by molar-refractivity contribution is -0.0512. The molecule has 1 aromatic carbocycles. The number of methoxy groups -OCH3 is 1. The summed E-state index contributed by atoms with van der Waals surface area (Å²) in [5.74, 6) is 0.765. The number of anilines is 2. The molecular weight excluding hydrogens is 322 g/mol. The van der Waals surface area contributed by atoms with E-state index in [4.69, 9.17) is 16.2 Å². The molecule has 0 aliphatic rings. The number of benzene rings is 1. The molecule has 2 aromatic rings. The van der Waals surface area contributed by atoms with Gasteiger partial charge < -0.3 is 20.9 Å². The first-order valence-electron chi connectivity index (χ1n) is 6.93. The van der Waals surface area contributed by atoms with Gasteiger partial charge in [-0.1, -0.05) is 6.07 Å². The number of ether oxygens (including phenoxy) is 2. The van der Waals surface area contributed by atoms with E-state index < -0.39 is 6.61 Å². The van der Waals surface area contributed by atoms with Gasteiger partial charge in [-0.05, 0) is 24.7 Å². The van der Waals surface area contributed by atoms with Crippen LogP contribution < -0.4 is 20.9 Å². The highest BCUT2D eigenvalue weighted by Gasteiger charge is 2.12. The molecule has 10 heteroatoms. The van der Waals surface area contributed by atoms with Gasteiger partial charge in [0.2, 0.25) is 11.9 Å². The molecule has 0 saturated carbocycles. The summed E-state index contributed by atoms with van der Waals surface area (Å²) in [7, 11) is 3.23. The lowest BCUT2D eigenvalue weighted by Gasteiger charge is -2.17. The van der Waals surface area contributed by atoms with E-state index in [-0.39, 0.29) is 23.4 Å². The lowest BCUT2D eigenvalue weighted by atomic mass is 10.2. The SMILES string of the molecule is COc1cc(CN(C)Cc2nc(N)nc(N)n2)ccc1OC(F)F. The van der Waals surface area contributed by atoms with Gasteiger partial charge >= 0.3 is 6.61 Å². The van der Waals surface area contributed by atoms with Crippen LogP contribution in [0.5, 0.6) is 11.5 Å². The molecule has 0 bridgehead atoms. The highest BCUT2D eigenvalue weighted by Crippen LogP contribution is 2.29. The van der Waals surface area contributed by atoms with Gasteiger partial charge in [0.15, 0.2) is 11.5 Å². The Morgan fingerprint density at radius 1 is 1.08 bits per heavy atom. The number of rotatable bonds is 7. The Labute approximate surface area is 137 Å². The van der Waals surface area contributed by atoms with E-state index in [0.29, 0.717) is 18.9 Å². The minimum Gasteiger partial charge on any atom is -0.493 e. The third-order valence-corrected chi connectivity index (χ3v) is 3.02. The standard InChI is InChI=1S/C14H18F2N6O2/c1-22(7-11-19-13(17)21-14(18)20-11)6-8-3-4-9(24-12(15)16)10(5-8)23-2/h3-5,12H,6-7H2,1-2H3,(H4,17,18,19,20,21).